The van der Waals surface area contributed by atoms with Crippen molar-refractivity contribution in [2.75, 3.05) is 7.11 Å². The lowest BCUT2D eigenvalue weighted by Crippen LogP contribution is -2.41. The van der Waals surface area contributed by atoms with E-state index in [4.69, 9.17) is 10.5 Å². The molecule has 16 heavy (non-hydrogen) atoms. The van der Waals surface area contributed by atoms with Gasteiger partial charge in [0, 0.05) is 5.54 Å². The first-order valence-corrected chi connectivity index (χ1v) is 5.58. The van der Waals surface area contributed by atoms with Crippen LogP contribution in [-0.2, 0) is 5.54 Å². The van der Waals surface area contributed by atoms with Gasteiger partial charge in [-0.2, -0.15) is 0 Å². The molecule has 1 aromatic carbocycles. The number of methoxy groups -OCH3 is 1. The average Bonchev–Trinajstić information content (AvgIpc) is 2.27. The van der Waals surface area contributed by atoms with E-state index in [1.54, 1.807) is 6.07 Å². The van der Waals surface area contributed by atoms with Gasteiger partial charge in [-0.3, -0.25) is 0 Å². The van der Waals surface area contributed by atoms with Crippen molar-refractivity contribution in [3.63, 3.8) is 0 Å². The Kier molecular flexibility index (Phi) is 3.92. The van der Waals surface area contributed by atoms with Crippen molar-refractivity contribution in [1.82, 2.24) is 0 Å². The third kappa shape index (κ3) is 2.19. The third-order valence-corrected chi connectivity index (χ3v) is 3.30. The van der Waals surface area contributed by atoms with Gasteiger partial charge in [-0.25, -0.2) is 4.39 Å². The zero-order valence-corrected chi connectivity index (χ0v) is 10.4. The van der Waals surface area contributed by atoms with E-state index in [1.807, 2.05) is 26.8 Å². The van der Waals surface area contributed by atoms with Crippen LogP contribution in [-0.4, -0.2) is 7.11 Å². The van der Waals surface area contributed by atoms with Crippen molar-refractivity contribution in [2.45, 2.75) is 32.7 Å². The fourth-order valence-electron chi connectivity index (χ4n) is 1.90. The lowest BCUT2D eigenvalue weighted by molar-refractivity contribution is 0.303. The fourth-order valence-corrected chi connectivity index (χ4v) is 1.90. The predicted molar refractivity (Wildman–Crippen MR) is 63.9 cm³/mol. The molecule has 0 radical (unpaired) electrons. The van der Waals surface area contributed by atoms with Crippen molar-refractivity contribution >= 4 is 0 Å². The van der Waals surface area contributed by atoms with Crippen LogP contribution in [0.5, 0.6) is 5.75 Å². The molecule has 0 heterocycles. The molecule has 1 aromatic rings. The molecule has 1 rings (SSSR count). The predicted octanol–water partition coefficient (Wildman–Crippen LogP) is 3.05. The van der Waals surface area contributed by atoms with Crippen LogP contribution >= 0.6 is 0 Å². The van der Waals surface area contributed by atoms with Gasteiger partial charge < -0.3 is 10.5 Å². The Morgan fingerprint density at radius 1 is 1.44 bits per heavy atom. The summed E-state index contributed by atoms with van der Waals surface area (Å²) in [6.07, 6.45) is 0.774. The minimum absolute atomic E-state index is 0.255. The van der Waals surface area contributed by atoms with Crippen LogP contribution in [0, 0.1) is 11.7 Å². The van der Waals surface area contributed by atoms with E-state index >= 15 is 0 Å². The molecule has 3 heteroatoms. The highest BCUT2D eigenvalue weighted by Gasteiger charge is 2.29. The minimum Gasteiger partial charge on any atom is -0.494 e. The van der Waals surface area contributed by atoms with Crippen molar-refractivity contribution in [3.05, 3.63) is 29.6 Å². The number of ether oxygens (including phenoxy) is 1. The molecule has 0 aromatic heterocycles. The van der Waals surface area contributed by atoms with Crippen molar-refractivity contribution in [3.8, 4) is 5.75 Å². The molecule has 0 amide bonds. The van der Waals surface area contributed by atoms with E-state index < -0.39 is 5.54 Å². The highest BCUT2D eigenvalue weighted by molar-refractivity contribution is 5.33. The molecular weight excluding hydrogens is 205 g/mol. The van der Waals surface area contributed by atoms with Gasteiger partial charge in [0.15, 0.2) is 11.6 Å². The first-order valence-electron chi connectivity index (χ1n) is 5.58. The van der Waals surface area contributed by atoms with Gasteiger partial charge in [-0.05, 0) is 30.0 Å². The lowest BCUT2D eigenvalue weighted by Gasteiger charge is -2.33. The Balaban J connectivity index is 3.18. The summed E-state index contributed by atoms with van der Waals surface area (Å²) in [7, 11) is 1.45. The largest absolute Gasteiger partial charge is 0.494 e. The molecule has 0 saturated heterocycles. The second-order valence-electron chi connectivity index (χ2n) is 4.40. The normalized spacial score (nSPS) is 14.9. The lowest BCUT2D eigenvalue weighted by atomic mass is 9.79. The van der Waals surface area contributed by atoms with Crippen molar-refractivity contribution in [1.29, 1.82) is 0 Å². The van der Waals surface area contributed by atoms with Gasteiger partial charge in [0.05, 0.1) is 7.11 Å². The monoisotopic (exact) mass is 225 g/mol. The molecule has 0 bridgehead atoms. The Labute approximate surface area is 96.6 Å². The molecule has 0 fully saturated rings. The summed E-state index contributed by atoms with van der Waals surface area (Å²) in [6.45, 7) is 6.11. The molecule has 90 valence electrons. The van der Waals surface area contributed by atoms with Crippen LogP contribution in [0.4, 0.5) is 4.39 Å². The van der Waals surface area contributed by atoms with Crippen LogP contribution < -0.4 is 10.5 Å². The molecule has 1 atom stereocenters. The van der Waals surface area contributed by atoms with Gasteiger partial charge in [0.25, 0.3) is 0 Å². The molecule has 0 saturated carbocycles. The Hall–Kier alpha value is -1.09. The summed E-state index contributed by atoms with van der Waals surface area (Å²) >= 11 is 0. The molecular formula is C13H20FNO. The van der Waals surface area contributed by atoms with Gasteiger partial charge in [0.2, 0.25) is 0 Å². The highest BCUT2D eigenvalue weighted by Crippen LogP contribution is 2.32. The maximum absolute atomic E-state index is 13.6. The number of benzene rings is 1. The number of halogens is 1. The van der Waals surface area contributed by atoms with E-state index in [0.29, 0.717) is 0 Å². The van der Waals surface area contributed by atoms with Crippen LogP contribution in [0.2, 0.25) is 0 Å². The van der Waals surface area contributed by atoms with Crippen molar-refractivity contribution in [2.24, 2.45) is 11.7 Å². The zero-order chi connectivity index (χ0) is 12.3. The molecule has 0 aliphatic heterocycles. The number of hydrogen-bond acceptors (Lipinski definition) is 2. The summed E-state index contributed by atoms with van der Waals surface area (Å²) in [6, 6.07) is 4.94. The summed E-state index contributed by atoms with van der Waals surface area (Å²) in [5.74, 6) is 0.153. The smallest absolute Gasteiger partial charge is 0.165 e. The van der Waals surface area contributed by atoms with Crippen LogP contribution in [0.3, 0.4) is 0 Å². The van der Waals surface area contributed by atoms with E-state index in [2.05, 4.69) is 0 Å². The molecule has 2 nitrogen and oxygen atoms in total. The first-order chi connectivity index (χ1) is 7.45. The summed E-state index contributed by atoms with van der Waals surface area (Å²) in [5.41, 5.74) is 6.66. The topological polar surface area (TPSA) is 35.2 Å². The van der Waals surface area contributed by atoms with Crippen LogP contribution in [0.15, 0.2) is 18.2 Å². The summed E-state index contributed by atoms with van der Waals surface area (Å²) in [4.78, 5) is 0. The van der Waals surface area contributed by atoms with Gasteiger partial charge in [-0.15, -0.1) is 0 Å². The molecule has 0 aliphatic carbocycles. The third-order valence-electron chi connectivity index (χ3n) is 3.30. The van der Waals surface area contributed by atoms with Gasteiger partial charge in [-0.1, -0.05) is 26.8 Å². The second kappa shape index (κ2) is 4.83. The average molecular weight is 225 g/mol. The van der Waals surface area contributed by atoms with E-state index in [9.17, 15) is 4.39 Å². The Bertz CT molecular complexity index is 365. The van der Waals surface area contributed by atoms with Crippen molar-refractivity contribution < 1.29 is 9.13 Å². The Morgan fingerprint density at radius 3 is 2.44 bits per heavy atom. The molecule has 0 aliphatic rings. The molecule has 2 N–H and O–H groups in total. The summed E-state index contributed by atoms with van der Waals surface area (Å²) < 4.78 is 18.5. The van der Waals surface area contributed by atoms with Gasteiger partial charge in [0.1, 0.15) is 0 Å². The number of rotatable bonds is 4. The first kappa shape index (κ1) is 13.0. The number of hydrogen-bond donors (Lipinski definition) is 1. The quantitative estimate of drug-likeness (QED) is 0.854. The van der Waals surface area contributed by atoms with E-state index in [0.717, 1.165) is 12.0 Å². The van der Waals surface area contributed by atoms with Crippen LogP contribution in [0.1, 0.15) is 32.8 Å². The van der Waals surface area contributed by atoms with Crippen LogP contribution in [0.25, 0.3) is 0 Å². The van der Waals surface area contributed by atoms with E-state index in [1.165, 1.54) is 13.2 Å². The number of nitrogens with two attached hydrogens (primary N) is 1. The maximum atomic E-state index is 13.6. The summed E-state index contributed by atoms with van der Waals surface area (Å²) in [5, 5.41) is 0. The zero-order valence-electron chi connectivity index (χ0n) is 10.4. The van der Waals surface area contributed by atoms with E-state index in [-0.39, 0.29) is 17.5 Å². The van der Waals surface area contributed by atoms with Gasteiger partial charge >= 0.3 is 0 Å². The minimum atomic E-state index is -0.479. The second-order valence-corrected chi connectivity index (χ2v) is 4.40. The maximum Gasteiger partial charge on any atom is 0.165 e. The fraction of sp³-hybridized carbons (Fsp3) is 0.538. The molecule has 1 unspecified atom stereocenters. The Morgan fingerprint density at radius 2 is 2.06 bits per heavy atom. The highest BCUT2D eigenvalue weighted by atomic mass is 19.1. The SMILES string of the molecule is CCC(N)(c1ccc(OC)c(F)c1)C(C)C. The molecule has 0 spiro atoms. The standard InChI is InChI=1S/C13H20FNO/c1-5-13(15,9(2)3)10-6-7-12(16-4)11(14)8-10/h6-9H,5,15H2,1-4H3.